The van der Waals surface area contributed by atoms with Crippen LogP contribution in [-0.2, 0) is 16.0 Å². The van der Waals surface area contributed by atoms with Crippen molar-refractivity contribution < 1.29 is 14.3 Å². The van der Waals surface area contributed by atoms with E-state index in [0.29, 0.717) is 24.5 Å². The smallest absolute Gasteiger partial charge is 0.257 e. The van der Waals surface area contributed by atoms with Crippen LogP contribution in [0.5, 0.6) is 5.75 Å². The number of unbranched alkanes of at least 4 members (excludes halogenated alkanes) is 1. The molecule has 0 aromatic heterocycles. The van der Waals surface area contributed by atoms with Crippen LogP contribution in [0.15, 0.2) is 18.2 Å². The van der Waals surface area contributed by atoms with Gasteiger partial charge >= 0.3 is 0 Å². The first-order valence-electron chi connectivity index (χ1n) is 8.94. The molecule has 1 aromatic rings. The fourth-order valence-corrected chi connectivity index (χ4v) is 2.85. The maximum Gasteiger partial charge on any atom is 0.257 e. The molecule has 0 saturated heterocycles. The molecule has 0 radical (unpaired) electrons. The minimum atomic E-state index is -0.0871. The van der Waals surface area contributed by atoms with Crippen molar-refractivity contribution in [2.45, 2.75) is 52.4 Å². The molecule has 1 atom stereocenters. The Bertz CT molecular complexity index is 572. The summed E-state index contributed by atoms with van der Waals surface area (Å²) in [6.45, 7) is 5.09. The van der Waals surface area contributed by atoms with Gasteiger partial charge in [0, 0.05) is 18.7 Å². The van der Waals surface area contributed by atoms with E-state index in [1.807, 2.05) is 12.1 Å². The summed E-state index contributed by atoms with van der Waals surface area (Å²) in [6, 6.07) is 5.52. The molecule has 0 fully saturated rings. The zero-order valence-electron chi connectivity index (χ0n) is 14.7. The van der Waals surface area contributed by atoms with Crippen LogP contribution in [0.25, 0.3) is 0 Å². The normalized spacial score (nSPS) is 14.5. The molecule has 2 amide bonds. The van der Waals surface area contributed by atoms with Crippen LogP contribution in [0.2, 0.25) is 0 Å². The molecule has 0 saturated carbocycles. The molecule has 2 rings (SSSR count). The lowest BCUT2D eigenvalue weighted by Gasteiger charge is -2.18. The second-order valence-corrected chi connectivity index (χ2v) is 6.38. The van der Waals surface area contributed by atoms with Gasteiger partial charge in [-0.2, -0.15) is 0 Å². The highest BCUT2D eigenvalue weighted by Gasteiger charge is 2.15. The van der Waals surface area contributed by atoms with E-state index in [9.17, 15) is 9.59 Å². The number of amides is 2. The Morgan fingerprint density at radius 2 is 2.17 bits per heavy atom. The Morgan fingerprint density at radius 1 is 1.33 bits per heavy atom. The third kappa shape index (κ3) is 5.55. The van der Waals surface area contributed by atoms with Crippen LogP contribution < -0.4 is 15.4 Å². The molecule has 1 aliphatic rings. The van der Waals surface area contributed by atoms with E-state index >= 15 is 0 Å². The van der Waals surface area contributed by atoms with Crippen LogP contribution in [0.3, 0.4) is 0 Å². The lowest BCUT2D eigenvalue weighted by Crippen LogP contribution is -2.33. The third-order valence-electron chi connectivity index (χ3n) is 4.47. The van der Waals surface area contributed by atoms with E-state index in [1.165, 1.54) is 12.8 Å². The fourth-order valence-electron chi connectivity index (χ4n) is 2.85. The topological polar surface area (TPSA) is 67.4 Å². The molecule has 5 heteroatoms. The van der Waals surface area contributed by atoms with Crippen molar-refractivity contribution in [1.82, 2.24) is 5.32 Å². The molecule has 1 aliphatic heterocycles. The van der Waals surface area contributed by atoms with E-state index in [0.717, 1.165) is 30.6 Å². The quantitative estimate of drug-likeness (QED) is 0.729. The summed E-state index contributed by atoms with van der Waals surface area (Å²) in [5.74, 6) is 1.17. The lowest BCUT2D eigenvalue weighted by atomic mass is 9.99. The molecule has 1 unspecified atom stereocenters. The number of nitrogens with one attached hydrogen (secondary N) is 2. The van der Waals surface area contributed by atoms with Gasteiger partial charge in [-0.3, -0.25) is 9.59 Å². The van der Waals surface area contributed by atoms with Crippen molar-refractivity contribution in [2.75, 3.05) is 18.5 Å². The Labute approximate surface area is 144 Å². The summed E-state index contributed by atoms with van der Waals surface area (Å²) in [5.41, 5.74) is 1.89. The van der Waals surface area contributed by atoms with E-state index in [2.05, 4.69) is 24.5 Å². The van der Waals surface area contributed by atoms with E-state index in [4.69, 9.17) is 4.74 Å². The minimum absolute atomic E-state index is 0.0232. The number of hydrogen-bond acceptors (Lipinski definition) is 3. The number of carbonyl (C=O) groups is 2. The van der Waals surface area contributed by atoms with Crippen LogP contribution in [-0.4, -0.2) is 25.0 Å². The van der Waals surface area contributed by atoms with Gasteiger partial charge in [0.1, 0.15) is 5.75 Å². The van der Waals surface area contributed by atoms with Crippen LogP contribution in [0.1, 0.15) is 51.5 Å². The second-order valence-electron chi connectivity index (χ2n) is 6.38. The van der Waals surface area contributed by atoms with Crippen molar-refractivity contribution in [2.24, 2.45) is 5.92 Å². The van der Waals surface area contributed by atoms with Gasteiger partial charge in [-0.05, 0) is 42.5 Å². The largest absolute Gasteiger partial charge is 0.484 e. The number of carbonyl (C=O) groups excluding carboxylic acids is 2. The van der Waals surface area contributed by atoms with Gasteiger partial charge in [-0.1, -0.05) is 33.1 Å². The first kappa shape index (κ1) is 18.3. The highest BCUT2D eigenvalue weighted by molar-refractivity contribution is 5.94. The van der Waals surface area contributed by atoms with E-state index in [1.54, 1.807) is 6.07 Å². The highest BCUT2D eigenvalue weighted by Crippen LogP contribution is 2.26. The summed E-state index contributed by atoms with van der Waals surface area (Å²) in [4.78, 5) is 23.3. The number of rotatable bonds is 9. The van der Waals surface area contributed by atoms with Crippen LogP contribution >= 0.6 is 0 Å². The summed E-state index contributed by atoms with van der Waals surface area (Å²) < 4.78 is 5.58. The summed E-state index contributed by atoms with van der Waals surface area (Å²) in [5, 5.41) is 5.79. The standard InChI is InChI=1S/C19H28N2O3/c1-3-5-6-14(4-2)12-20-19(23)13-24-16-8-9-17-15(11-16)7-10-18(22)21-17/h8-9,11,14H,3-7,10,12-13H2,1-2H3,(H,20,23)(H,21,22). The zero-order valence-corrected chi connectivity index (χ0v) is 14.7. The zero-order chi connectivity index (χ0) is 17.4. The molecular weight excluding hydrogens is 304 g/mol. The van der Waals surface area contributed by atoms with Crippen molar-refractivity contribution in [1.29, 1.82) is 0 Å². The molecular formula is C19H28N2O3. The van der Waals surface area contributed by atoms with Crippen molar-refractivity contribution >= 4 is 17.5 Å². The Balaban J connectivity index is 1.76. The number of aryl methyl sites for hydroxylation is 1. The number of benzene rings is 1. The van der Waals surface area contributed by atoms with Crippen molar-refractivity contribution in [3.63, 3.8) is 0 Å². The summed E-state index contributed by atoms with van der Waals surface area (Å²) >= 11 is 0. The van der Waals surface area contributed by atoms with E-state index in [-0.39, 0.29) is 18.4 Å². The predicted octanol–water partition coefficient (Wildman–Crippen LogP) is 3.28. The van der Waals surface area contributed by atoms with Gasteiger partial charge in [-0.25, -0.2) is 0 Å². The molecule has 0 bridgehead atoms. The van der Waals surface area contributed by atoms with Gasteiger partial charge in [0.25, 0.3) is 5.91 Å². The summed E-state index contributed by atoms with van der Waals surface area (Å²) in [7, 11) is 0. The molecule has 132 valence electrons. The molecule has 1 aromatic carbocycles. The molecule has 0 spiro atoms. The number of hydrogen-bond donors (Lipinski definition) is 2. The maximum absolute atomic E-state index is 11.9. The van der Waals surface area contributed by atoms with Crippen LogP contribution in [0, 0.1) is 5.92 Å². The average Bonchev–Trinajstić information content (AvgIpc) is 2.60. The number of ether oxygens (including phenoxy) is 1. The van der Waals surface area contributed by atoms with Crippen molar-refractivity contribution in [3.8, 4) is 5.75 Å². The van der Waals surface area contributed by atoms with Crippen molar-refractivity contribution in [3.05, 3.63) is 23.8 Å². The summed E-state index contributed by atoms with van der Waals surface area (Å²) in [6.07, 6.45) is 5.83. The lowest BCUT2D eigenvalue weighted by molar-refractivity contribution is -0.123. The van der Waals surface area contributed by atoms with E-state index < -0.39 is 0 Å². The Morgan fingerprint density at radius 3 is 2.92 bits per heavy atom. The average molecular weight is 332 g/mol. The Hall–Kier alpha value is -2.04. The second kappa shape index (κ2) is 9.30. The molecule has 5 nitrogen and oxygen atoms in total. The molecule has 24 heavy (non-hydrogen) atoms. The first-order chi connectivity index (χ1) is 11.6. The fraction of sp³-hybridized carbons (Fsp3) is 0.579. The monoisotopic (exact) mass is 332 g/mol. The Kier molecular flexibility index (Phi) is 7.09. The van der Waals surface area contributed by atoms with Gasteiger partial charge in [-0.15, -0.1) is 0 Å². The van der Waals surface area contributed by atoms with Gasteiger partial charge in [0.15, 0.2) is 6.61 Å². The predicted molar refractivity (Wildman–Crippen MR) is 95.2 cm³/mol. The van der Waals surface area contributed by atoms with Gasteiger partial charge in [0.05, 0.1) is 0 Å². The molecule has 1 heterocycles. The third-order valence-corrected chi connectivity index (χ3v) is 4.47. The minimum Gasteiger partial charge on any atom is -0.484 e. The maximum atomic E-state index is 11.9. The SMILES string of the molecule is CCCCC(CC)CNC(=O)COc1ccc2c(c1)CCC(=O)N2. The number of fused-ring (bicyclic) bond motifs is 1. The van der Waals surface area contributed by atoms with Gasteiger partial charge < -0.3 is 15.4 Å². The molecule has 0 aliphatic carbocycles. The van der Waals surface area contributed by atoms with Gasteiger partial charge in [0.2, 0.25) is 5.91 Å². The molecule has 2 N–H and O–H groups in total. The van der Waals surface area contributed by atoms with Crippen LogP contribution in [0.4, 0.5) is 5.69 Å². The highest BCUT2D eigenvalue weighted by atomic mass is 16.5. The number of anilines is 1. The first-order valence-corrected chi connectivity index (χ1v) is 8.94.